The number of nitrogens with two attached hydrogens (primary N) is 1. The van der Waals surface area contributed by atoms with E-state index in [0.717, 1.165) is 38.5 Å². The van der Waals surface area contributed by atoms with Crippen molar-refractivity contribution in [3.63, 3.8) is 0 Å². The van der Waals surface area contributed by atoms with Gasteiger partial charge in [0.05, 0.1) is 11.2 Å². The highest BCUT2D eigenvalue weighted by Crippen LogP contribution is 2.59. The fourth-order valence-electron chi connectivity index (χ4n) is 6.97. The predicted octanol–water partition coefficient (Wildman–Crippen LogP) is 6.19. The molecule has 1 saturated carbocycles. The molecule has 5 unspecified atom stereocenters. The second kappa shape index (κ2) is 7.28. The topological polar surface area (TPSA) is 48.1 Å². The van der Waals surface area contributed by atoms with Crippen LogP contribution in [0.15, 0.2) is 60.0 Å². The molecule has 3 heterocycles. The smallest absolute Gasteiger partial charge is 0.0966 e. The molecule has 2 bridgehead atoms. The molecule has 2 aliphatic heterocycles. The minimum atomic E-state index is -0.0945. The number of allylic oxidation sites excluding steroid dienone is 1. The van der Waals surface area contributed by atoms with Gasteiger partial charge in [0.1, 0.15) is 0 Å². The van der Waals surface area contributed by atoms with Crippen molar-refractivity contribution in [3.8, 4) is 0 Å². The molecule has 0 radical (unpaired) electrons. The molecule has 3 nitrogen and oxygen atoms in total. The summed E-state index contributed by atoms with van der Waals surface area (Å²) in [5.74, 6) is 1.12. The predicted molar refractivity (Wildman–Crippen MR) is 126 cm³/mol. The van der Waals surface area contributed by atoms with Crippen LogP contribution in [0.5, 0.6) is 0 Å². The van der Waals surface area contributed by atoms with Crippen molar-refractivity contribution in [3.05, 3.63) is 65.5 Å². The van der Waals surface area contributed by atoms with Gasteiger partial charge in [-0.25, -0.2) is 0 Å². The van der Waals surface area contributed by atoms with Crippen molar-refractivity contribution < 1.29 is 4.74 Å². The molecule has 162 valence electrons. The van der Waals surface area contributed by atoms with Gasteiger partial charge >= 0.3 is 0 Å². The van der Waals surface area contributed by atoms with E-state index < -0.39 is 0 Å². The Balaban J connectivity index is 1.32. The Morgan fingerprint density at radius 2 is 2.00 bits per heavy atom. The second-order valence-corrected chi connectivity index (χ2v) is 10.6. The number of hydrogen-bond donors (Lipinski definition) is 1. The van der Waals surface area contributed by atoms with Crippen LogP contribution in [0.1, 0.15) is 76.2 Å². The largest absolute Gasteiger partial charge is 0.359 e. The minimum absolute atomic E-state index is 0.0674. The van der Waals surface area contributed by atoms with Crippen molar-refractivity contribution in [2.24, 2.45) is 11.7 Å². The van der Waals surface area contributed by atoms with Crippen molar-refractivity contribution in [1.82, 2.24) is 4.98 Å². The standard InChI is InChI=1S/C28H34N2O/c1-19-5-6-20(22-8-7-21-11-14-30-18-23(21)15-22)3-2-4-25-16-24-9-10-26(29)17-27(24)12-13-28(19,25)31-27/h4,7-8,11,14-16,18-20,26H,2-3,5-6,9-10,12-13,17,29H2,1H3. The van der Waals surface area contributed by atoms with Crippen LogP contribution >= 0.6 is 0 Å². The zero-order valence-electron chi connectivity index (χ0n) is 18.6. The number of nitrogens with zero attached hydrogens (tertiary/aromatic N) is 1. The Morgan fingerprint density at radius 1 is 1.06 bits per heavy atom. The van der Waals surface area contributed by atoms with Gasteiger partial charge in [-0.2, -0.15) is 0 Å². The molecule has 1 aromatic heterocycles. The Labute approximate surface area is 185 Å². The van der Waals surface area contributed by atoms with E-state index in [2.05, 4.69) is 48.3 Å². The van der Waals surface area contributed by atoms with Gasteiger partial charge in [-0.15, -0.1) is 0 Å². The van der Waals surface area contributed by atoms with E-state index >= 15 is 0 Å². The molecule has 1 aromatic carbocycles. The van der Waals surface area contributed by atoms with E-state index in [0.29, 0.717) is 11.8 Å². The average Bonchev–Trinajstić information content (AvgIpc) is 3.13. The molecular formula is C28H34N2O. The molecule has 1 saturated heterocycles. The minimum Gasteiger partial charge on any atom is -0.359 e. The highest BCUT2D eigenvalue weighted by Gasteiger charge is 2.58. The van der Waals surface area contributed by atoms with Crippen molar-refractivity contribution in [1.29, 1.82) is 0 Å². The summed E-state index contributed by atoms with van der Waals surface area (Å²) in [7, 11) is 0. The average molecular weight is 415 g/mol. The Kier molecular flexibility index (Phi) is 4.63. The fourth-order valence-corrected chi connectivity index (χ4v) is 6.97. The lowest BCUT2D eigenvalue weighted by atomic mass is 9.74. The molecule has 2 fully saturated rings. The quantitative estimate of drug-likeness (QED) is 0.605. The van der Waals surface area contributed by atoms with Crippen LogP contribution in [0.25, 0.3) is 10.8 Å². The van der Waals surface area contributed by atoms with Gasteiger partial charge in [-0.1, -0.05) is 31.2 Å². The molecule has 2 spiro atoms. The molecule has 2 aromatic rings. The molecule has 2 aliphatic carbocycles. The summed E-state index contributed by atoms with van der Waals surface area (Å²) in [5.41, 5.74) is 10.7. The third-order valence-electron chi connectivity index (χ3n) is 8.82. The van der Waals surface area contributed by atoms with E-state index in [1.807, 2.05) is 12.4 Å². The highest BCUT2D eigenvalue weighted by molar-refractivity contribution is 5.82. The molecule has 0 amide bonds. The lowest BCUT2D eigenvalue weighted by Crippen LogP contribution is -2.50. The van der Waals surface area contributed by atoms with E-state index in [4.69, 9.17) is 10.5 Å². The van der Waals surface area contributed by atoms with Crippen LogP contribution in [0.2, 0.25) is 0 Å². The van der Waals surface area contributed by atoms with Gasteiger partial charge in [-0.05, 0) is 104 Å². The van der Waals surface area contributed by atoms with E-state index in [1.165, 1.54) is 46.7 Å². The summed E-state index contributed by atoms with van der Waals surface area (Å²) in [4.78, 5) is 4.33. The van der Waals surface area contributed by atoms with Gasteiger partial charge in [0, 0.05) is 23.8 Å². The summed E-state index contributed by atoms with van der Waals surface area (Å²) >= 11 is 0. The zero-order valence-corrected chi connectivity index (χ0v) is 18.6. The third kappa shape index (κ3) is 3.12. The number of benzene rings is 1. The number of hydrogen-bond acceptors (Lipinski definition) is 3. The summed E-state index contributed by atoms with van der Waals surface area (Å²) in [6, 6.07) is 9.36. The first-order valence-electron chi connectivity index (χ1n) is 12.3. The number of pyridine rings is 1. The van der Waals surface area contributed by atoms with E-state index in [1.54, 1.807) is 0 Å². The van der Waals surface area contributed by atoms with E-state index in [-0.39, 0.29) is 17.2 Å². The lowest BCUT2D eigenvalue weighted by Gasteiger charge is -2.48. The maximum absolute atomic E-state index is 7.13. The van der Waals surface area contributed by atoms with Crippen LogP contribution < -0.4 is 5.73 Å². The summed E-state index contributed by atoms with van der Waals surface area (Å²) < 4.78 is 7.13. The van der Waals surface area contributed by atoms with Crippen LogP contribution in [-0.4, -0.2) is 22.2 Å². The number of fused-ring (bicyclic) bond motifs is 1. The summed E-state index contributed by atoms with van der Waals surface area (Å²) in [5, 5.41) is 2.53. The lowest BCUT2D eigenvalue weighted by molar-refractivity contribution is -0.109. The zero-order chi connectivity index (χ0) is 21.1. The SMILES string of the molecule is CC1CCC(c2ccc3ccncc3c2)CCC=C2C=C3CCC(N)CC34CCC21O4. The molecule has 4 aliphatic rings. The summed E-state index contributed by atoms with van der Waals surface area (Å²) in [6.07, 6.45) is 19.2. The molecule has 5 atom stereocenters. The van der Waals surface area contributed by atoms with E-state index in [9.17, 15) is 0 Å². The van der Waals surface area contributed by atoms with Crippen LogP contribution in [0.4, 0.5) is 0 Å². The molecule has 31 heavy (non-hydrogen) atoms. The number of rotatable bonds is 1. The Bertz CT molecular complexity index is 1070. The van der Waals surface area contributed by atoms with Gasteiger partial charge in [0.2, 0.25) is 0 Å². The molecule has 6 rings (SSSR count). The first-order valence-corrected chi connectivity index (χ1v) is 12.3. The van der Waals surface area contributed by atoms with Crippen LogP contribution in [0.3, 0.4) is 0 Å². The van der Waals surface area contributed by atoms with Crippen molar-refractivity contribution in [2.75, 3.05) is 0 Å². The highest BCUT2D eigenvalue weighted by atomic mass is 16.5. The van der Waals surface area contributed by atoms with Gasteiger partial charge in [0.15, 0.2) is 0 Å². The fraction of sp³-hybridized carbons (Fsp3) is 0.536. The number of aromatic nitrogens is 1. The first-order chi connectivity index (χ1) is 15.1. The molecular weight excluding hydrogens is 380 g/mol. The van der Waals surface area contributed by atoms with Gasteiger partial charge in [-0.3, -0.25) is 4.98 Å². The normalized spacial score (nSPS) is 37.7. The molecule has 3 heteroatoms. The van der Waals surface area contributed by atoms with Crippen molar-refractivity contribution >= 4 is 10.8 Å². The monoisotopic (exact) mass is 414 g/mol. The maximum Gasteiger partial charge on any atom is 0.0966 e. The van der Waals surface area contributed by atoms with Gasteiger partial charge in [0.25, 0.3) is 0 Å². The third-order valence-corrected chi connectivity index (χ3v) is 8.82. The van der Waals surface area contributed by atoms with Crippen LogP contribution in [-0.2, 0) is 4.74 Å². The second-order valence-electron chi connectivity index (χ2n) is 10.6. The Hall–Kier alpha value is -1.97. The van der Waals surface area contributed by atoms with Gasteiger partial charge < -0.3 is 10.5 Å². The maximum atomic E-state index is 7.13. The van der Waals surface area contributed by atoms with Crippen molar-refractivity contribution in [2.45, 2.75) is 87.9 Å². The Morgan fingerprint density at radius 3 is 2.94 bits per heavy atom. The number of ether oxygens (including phenoxy) is 1. The van der Waals surface area contributed by atoms with Crippen LogP contribution in [0, 0.1) is 5.92 Å². The summed E-state index contributed by atoms with van der Waals surface area (Å²) in [6.45, 7) is 2.43. The first kappa shape index (κ1) is 19.7. The molecule has 2 N–H and O–H groups in total.